The highest BCUT2D eigenvalue weighted by Crippen LogP contribution is 2.35. The van der Waals surface area contributed by atoms with Gasteiger partial charge in [0.05, 0.1) is 18.7 Å². The number of ether oxygens (including phenoxy) is 1. The van der Waals surface area contributed by atoms with Gasteiger partial charge in [-0.05, 0) is 55.5 Å². The molecule has 27 heavy (non-hydrogen) atoms. The number of methoxy groups -OCH3 is 1. The van der Waals surface area contributed by atoms with Gasteiger partial charge in [0.1, 0.15) is 17.3 Å². The third-order valence-corrected chi connectivity index (χ3v) is 5.50. The van der Waals surface area contributed by atoms with Gasteiger partial charge in [-0.3, -0.25) is 4.79 Å². The van der Waals surface area contributed by atoms with Crippen molar-refractivity contribution in [2.75, 3.05) is 13.7 Å². The lowest BCUT2D eigenvalue weighted by Crippen LogP contribution is -2.39. The molecule has 0 spiro atoms. The standard InChI is InChI=1S/C22H23FN2O2/c1-14-17-9-6-10-18(23)21(17)24-20(14)22(26)25-12-4-3-11-19(25)15-7-5-8-16(13-15)27-2/h5-10,13,19,24H,3-4,11-12H2,1-2H3. The minimum Gasteiger partial charge on any atom is -0.497 e. The molecule has 0 aliphatic carbocycles. The van der Waals surface area contributed by atoms with E-state index in [9.17, 15) is 9.18 Å². The fourth-order valence-electron chi connectivity index (χ4n) is 4.04. The molecule has 3 aromatic rings. The Balaban J connectivity index is 1.73. The van der Waals surface area contributed by atoms with E-state index in [-0.39, 0.29) is 17.8 Å². The number of aromatic amines is 1. The Hall–Kier alpha value is -2.82. The lowest BCUT2D eigenvalue weighted by atomic mass is 9.94. The number of para-hydroxylation sites is 1. The quantitative estimate of drug-likeness (QED) is 0.710. The van der Waals surface area contributed by atoms with E-state index in [0.717, 1.165) is 41.5 Å². The maximum Gasteiger partial charge on any atom is 0.271 e. The van der Waals surface area contributed by atoms with Crippen molar-refractivity contribution in [3.63, 3.8) is 0 Å². The van der Waals surface area contributed by atoms with Gasteiger partial charge in [-0.2, -0.15) is 0 Å². The number of nitrogens with zero attached hydrogens (tertiary/aromatic N) is 1. The maximum absolute atomic E-state index is 14.1. The van der Waals surface area contributed by atoms with Crippen molar-refractivity contribution in [2.24, 2.45) is 0 Å². The van der Waals surface area contributed by atoms with Gasteiger partial charge in [0.25, 0.3) is 5.91 Å². The number of hydrogen-bond acceptors (Lipinski definition) is 2. The summed E-state index contributed by atoms with van der Waals surface area (Å²) in [5.41, 5.74) is 2.74. The van der Waals surface area contributed by atoms with Crippen LogP contribution < -0.4 is 4.74 Å². The second-order valence-corrected chi connectivity index (χ2v) is 7.07. The molecule has 140 valence electrons. The Morgan fingerprint density at radius 2 is 2.04 bits per heavy atom. The van der Waals surface area contributed by atoms with Crippen LogP contribution in [0.1, 0.15) is 46.9 Å². The number of aromatic nitrogens is 1. The fraction of sp³-hybridized carbons (Fsp3) is 0.318. The number of halogens is 1. The molecule has 1 saturated heterocycles. The monoisotopic (exact) mass is 366 g/mol. The number of carbonyl (C=O) groups is 1. The molecule has 4 nitrogen and oxygen atoms in total. The van der Waals surface area contributed by atoms with E-state index < -0.39 is 0 Å². The number of fused-ring (bicyclic) bond motifs is 1. The predicted molar refractivity (Wildman–Crippen MR) is 104 cm³/mol. The number of piperidine rings is 1. The van der Waals surface area contributed by atoms with Crippen LogP contribution in [0.5, 0.6) is 5.75 Å². The third kappa shape index (κ3) is 3.07. The number of aryl methyl sites for hydroxylation is 1. The molecule has 1 fully saturated rings. The van der Waals surface area contributed by atoms with Crippen molar-refractivity contribution in [1.29, 1.82) is 0 Å². The molecule has 0 radical (unpaired) electrons. The van der Waals surface area contributed by atoms with E-state index in [2.05, 4.69) is 4.98 Å². The van der Waals surface area contributed by atoms with Crippen molar-refractivity contribution in [3.8, 4) is 5.75 Å². The molecular formula is C22H23FN2O2. The minimum absolute atomic E-state index is 0.00277. The van der Waals surface area contributed by atoms with Crippen LogP contribution >= 0.6 is 0 Å². The molecule has 0 saturated carbocycles. The summed E-state index contributed by atoms with van der Waals surface area (Å²) >= 11 is 0. The van der Waals surface area contributed by atoms with E-state index in [1.807, 2.05) is 42.2 Å². The highest BCUT2D eigenvalue weighted by atomic mass is 19.1. The lowest BCUT2D eigenvalue weighted by Gasteiger charge is -2.36. The smallest absolute Gasteiger partial charge is 0.271 e. The van der Waals surface area contributed by atoms with Crippen molar-refractivity contribution < 1.29 is 13.9 Å². The number of hydrogen-bond donors (Lipinski definition) is 1. The van der Waals surface area contributed by atoms with Gasteiger partial charge in [0.15, 0.2) is 0 Å². The average molecular weight is 366 g/mol. The normalized spacial score (nSPS) is 17.3. The van der Waals surface area contributed by atoms with Crippen LogP contribution in [0, 0.1) is 12.7 Å². The molecule has 1 N–H and O–H groups in total. The molecule has 4 rings (SSSR count). The Morgan fingerprint density at radius 1 is 1.22 bits per heavy atom. The molecule has 1 atom stereocenters. The largest absolute Gasteiger partial charge is 0.497 e. The van der Waals surface area contributed by atoms with E-state index in [0.29, 0.717) is 17.8 Å². The van der Waals surface area contributed by atoms with Crippen molar-refractivity contribution in [1.82, 2.24) is 9.88 Å². The molecule has 1 aliphatic heterocycles. The van der Waals surface area contributed by atoms with Gasteiger partial charge >= 0.3 is 0 Å². The first-order chi connectivity index (χ1) is 13.1. The summed E-state index contributed by atoms with van der Waals surface area (Å²) in [7, 11) is 1.64. The topological polar surface area (TPSA) is 45.3 Å². The molecule has 1 aliphatic rings. The average Bonchev–Trinajstić information content (AvgIpc) is 3.05. The third-order valence-electron chi connectivity index (χ3n) is 5.50. The van der Waals surface area contributed by atoms with Crippen LogP contribution in [0.3, 0.4) is 0 Å². The summed E-state index contributed by atoms with van der Waals surface area (Å²) < 4.78 is 19.5. The molecule has 0 bridgehead atoms. The SMILES string of the molecule is COc1cccc(C2CCCCN2C(=O)c2[nH]c3c(F)cccc3c2C)c1. The molecule has 1 amide bonds. The van der Waals surface area contributed by atoms with Crippen molar-refractivity contribution >= 4 is 16.8 Å². The van der Waals surface area contributed by atoms with Crippen LogP contribution in [0.15, 0.2) is 42.5 Å². The second kappa shape index (κ2) is 7.06. The zero-order valence-corrected chi connectivity index (χ0v) is 15.6. The highest BCUT2D eigenvalue weighted by Gasteiger charge is 2.31. The predicted octanol–water partition coefficient (Wildman–Crippen LogP) is 4.99. The Morgan fingerprint density at radius 3 is 2.81 bits per heavy atom. The molecule has 2 aromatic carbocycles. The van der Waals surface area contributed by atoms with Crippen molar-refractivity contribution in [3.05, 3.63) is 65.1 Å². The van der Waals surface area contributed by atoms with Gasteiger partial charge < -0.3 is 14.6 Å². The van der Waals surface area contributed by atoms with Crippen LogP contribution in [-0.2, 0) is 0 Å². The summed E-state index contributed by atoms with van der Waals surface area (Å²) in [5, 5.41) is 0.758. The summed E-state index contributed by atoms with van der Waals surface area (Å²) in [6.45, 7) is 2.56. The molecule has 5 heteroatoms. The first kappa shape index (κ1) is 17.6. The fourth-order valence-corrected chi connectivity index (χ4v) is 4.04. The minimum atomic E-state index is -0.336. The van der Waals surface area contributed by atoms with Gasteiger partial charge in [-0.15, -0.1) is 0 Å². The zero-order chi connectivity index (χ0) is 19.0. The molecule has 1 aromatic heterocycles. The number of carbonyl (C=O) groups excluding carboxylic acids is 1. The van der Waals surface area contributed by atoms with E-state index >= 15 is 0 Å². The highest BCUT2D eigenvalue weighted by molar-refractivity contribution is 6.01. The second-order valence-electron chi connectivity index (χ2n) is 7.07. The number of rotatable bonds is 3. The Labute approximate surface area is 157 Å². The number of amides is 1. The summed E-state index contributed by atoms with van der Waals surface area (Å²) in [4.78, 5) is 18.3. The van der Waals surface area contributed by atoms with Gasteiger partial charge in [0.2, 0.25) is 0 Å². The van der Waals surface area contributed by atoms with E-state index in [1.54, 1.807) is 13.2 Å². The van der Waals surface area contributed by atoms with Crippen LogP contribution in [0.25, 0.3) is 10.9 Å². The number of benzene rings is 2. The van der Waals surface area contributed by atoms with E-state index in [4.69, 9.17) is 4.74 Å². The van der Waals surface area contributed by atoms with Gasteiger partial charge in [-0.25, -0.2) is 4.39 Å². The summed E-state index contributed by atoms with van der Waals surface area (Å²) in [5.74, 6) is 0.377. The van der Waals surface area contributed by atoms with Gasteiger partial charge in [-0.1, -0.05) is 24.3 Å². The number of H-pyrrole nitrogens is 1. The molecule has 2 heterocycles. The molecule has 1 unspecified atom stereocenters. The van der Waals surface area contributed by atoms with Crippen LogP contribution in [0.2, 0.25) is 0 Å². The molecular weight excluding hydrogens is 343 g/mol. The van der Waals surface area contributed by atoms with E-state index in [1.165, 1.54) is 6.07 Å². The van der Waals surface area contributed by atoms with Crippen LogP contribution in [0.4, 0.5) is 4.39 Å². The number of nitrogens with one attached hydrogen (secondary N) is 1. The Kier molecular flexibility index (Phi) is 4.60. The number of likely N-dealkylation sites (tertiary alicyclic amines) is 1. The van der Waals surface area contributed by atoms with Gasteiger partial charge in [0, 0.05) is 11.9 Å². The zero-order valence-electron chi connectivity index (χ0n) is 15.6. The first-order valence-corrected chi connectivity index (χ1v) is 9.32. The summed E-state index contributed by atoms with van der Waals surface area (Å²) in [6.07, 6.45) is 2.96. The first-order valence-electron chi connectivity index (χ1n) is 9.32. The Bertz CT molecular complexity index is 995. The summed E-state index contributed by atoms with van der Waals surface area (Å²) in [6, 6.07) is 12.8. The lowest BCUT2D eigenvalue weighted by molar-refractivity contribution is 0.0605. The maximum atomic E-state index is 14.1. The van der Waals surface area contributed by atoms with Crippen LogP contribution in [-0.4, -0.2) is 29.4 Å². The van der Waals surface area contributed by atoms with Crippen molar-refractivity contribution in [2.45, 2.75) is 32.2 Å².